The molecule has 0 atom stereocenters. The molecule has 3 N–H and O–H groups in total. The van der Waals surface area contributed by atoms with Crippen LogP contribution in [-0.4, -0.2) is 14.4 Å². The summed E-state index contributed by atoms with van der Waals surface area (Å²) < 4.78 is 1.51. The number of rotatable bonds is 2. The standard InChI is InChI=1S/C20H15N5O/c1-12-3-5-13(6-4-12)18-19(14-7-9-15(22-2)10-8-14)25-17(26)11-16(21)23-20(25)24-18/h3-11H,21H2,1H3,(H,23,24). The van der Waals surface area contributed by atoms with Gasteiger partial charge in [0.05, 0.1) is 18.0 Å². The summed E-state index contributed by atoms with van der Waals surface area (Å²) >= 11 is 0. The van der Waals surface area contributed by atoms with Crippen molar-refractivity contribution in [1.29, 1.82) is 0 Å². The van der Waals surface area contributed by atoms with Gasteiger partial charge < -0.3 is 10.7 Å². The predicted molar refractivity (Wildman–Crippen MR) is 102 cm³/mol. The molecule has 0 bridgehead atoms. The molecule has 26 heavy (non-hydrogen) atoms. The fourth-order valence-corrected chi connectivity index (χ4v) is 2.95. The van der Waals surface area contributed by atoms with Crippen molar-refractivity contribution in [3.05, 3.63) is 81.9 Å². The van der Waals surface area contributed by atoms with Gasteiger partial charge in [0.15, 0.2) is 5.69 Å². The van der Waals surface area contributed by atoms with Crippen molar-refractivity contribution in [3.8, 4) is 22.5 Å². The van der Waals surface area contributed by atoms with E-state index >= 15 is 0 Å². The zero-order chi connectivity index (χ0) is 18.3. The van der Waals surface area contributed by atoms with Gasteiger partial charge in [-0.05, 0) is 12.5 Å². The van der Waals surface area contributed by atoms with Crippen LogP contribution < -0.4 is 11.3 Å². The number of nitrogens with zero attached hydrogens (tertiary/aromatic N) is 3. The Kier molecular flexibility index (Phi) is 3.55. The molecule has 0 unspecified atom stereocenters. The number of hydrogen-bond acceptors (Lipinski definition) is 3. The lowest BCUT2D eigenvalue weighted by molar-refractivity contribution is 1.07. The fourth-order valence-electron chi connectivity index (χ4n) is 2.95. The number of nitrogens with one attached hydrogen (secondary N) is 1. The van der Waals surface area contributed by atoms with Gasteiger partial charge >= 0.3 is 0 Å². The van der Waals surface area contributed by atoms with E-state index in [-0.39, 0.29) is 11.4 Å². The summed E-state index contributed by atoms with van der Waals surface area (Å²) in [6, 6.07) is 16.4. The second kappa shape index (κ2) is 5.90. The molecule has 0 aliphatic heterocycles. The molecule has 0 saturated heterocycles. The van der Waals surface area contributed by atoms with Crippen molar-refractivity contribution in [2.45, 2.75) is 6.92 Å². The topological polar surface area (TPSA) is 80.5 Å². The first kappa shape index (κ1) is 15.7. The maximum absolute atomic E-state index is 12.6. The van der Waals surface area contributed by atoms with Crippen molar-refractivity contribution in [1.82, 2.24) is 14.4 Å². The fraction of sp³-hybridized carbons (Fsp3) is 0.0500. The summed E-state index contributed by atoms with van der Waals surface area (Å²) in [6.45, 7) is 9.13. The first-order chi connectivity index (χ1) is 12.6. The molecule has 6 heteroatoms. The molecule has 0 saturated carbocycles. The number of H-pyrrole nitrogens is 1. The van der Waals surface area contributed by atoms with Gasteiger partial charge in [-0.15, -0.1) is 0 Å². The number of imidazole rings is 1. The zero-order valence-electron chi connectivity index (χ0n) is 14.0. The molecule has 0 spiro atoms. The molecule has 6 nitrogen and oxygen atoms in total. The molecule has 2 aromatic carbocycles. The maximum atomic E-state index is 12.6. The van der Waals surface area contributed by atoms with E-state index in [1.165, 1.54) is 10.5 Å². The third-order valence-corrected chi connectivity index (χ3v) is 4.23. The van der Waals surface area contributed by atoms with E-state index in [4.69, 9.17) is 12.3 Å². The monoisotopic (exact) mass is 341 g/mol. The quantitative estimate of drug-likeness (QED) is 0.544. The molecule has 0 radical (unpaired) electrons. The molecule has 0 amide bonds. The van der Waals surface area contributed by atoms with Crippen LogP contribution >= 0.6 is 0 Å². The number of hydrogen-bond donors (Lipinski definition) is 2. The number of aromatic nitrogens is 3. The third-order valence-electron chi connectivity index (χ3n) is 4.23. The number of nitrogens with two attached hydrogens (primary N) is 1. The van der Waals surface area contributed by atoms with Gasteiger partial charge in [-0.2, -0.15) is 0 Å². The van der Waals surface area contributed by atoms with E-state index < -0.39 is 0 Å². The Balaban J connectivity index is 2.07. The average Bonchev–Trinajstić information content (AvgIpc) is 3.02. The summed E-state index contributed by atoms with van der Waals surface area (Å²) in [5.74, 6) is 0.646. The number of anilines is 1. The van der Waals surface area contributed by atoms with Crippen LogP contribution in [0.3, 0.4) is 0 Å². The molecule has 2 aromatic heterocycles. The first-order valence-electron chi connectivity index (χ1n) is 8.03. The minimum atomic E-state index is -0.258. The summed E-state index contributed by atoms with van der Waals surface area (Å²) in [4.78, 5) is 23.6. The van der Waals surface area contributed by atoms with Crippen molar-refractivity contribution >= 4 is 17.3 Å². The molecule has 4 aromatic rings. The highest BCUT2D eigenvalue weighted by Crippen LogP contribution is 2.32. The highest BCUT2D eigenvalue weighted by Gasteiger charge is 2.18. The van der Waals surface area contributed by atoms with Crippen LogP contribution in [0, 0.1) is 13.5 Å². The van der Waals surface area contributed by atoms with E-state index in [1.54, 1.807) is 12.1 Å². The lowest BCUT2D eigenvalue weighted by atomic mass is 10.0. The summed E-state index contributed by atoms with van der Waals surface area (Å²) in [5.41, 5.74) is 10.2. The predicted octanol–water partition coefficient (Wildman–Crippen LogP) is 3.80. The Hall–Kier alpha value is -3.85. The lowest BCUT2D eigenvalue weighted by Gasteiger charge is -2.06. The Morgan fingerprint density at radius 2 is 1.73 bits per heavy atom. The Morgan fingerprint density at radius 3 is 2.38 bits per heavy atom. The van der Waals surface area contributed by atoms with Gasteiger partial charge in [-0.3, -0.25) is 4.79 Å². The number of fused-ring (bicyclic) bond motifs is 1. The largest absolute Gasteiger partial charge is 0.385 e. The van der Waals surface area contributed by atoms with Crippen LogP contribution in [0.15, 0.2) is 59.4 Å². The molecule has 0 aliphatic carbocycles. The zero-order valence-corrected chi connectivity index (χ0v) is 14.0. The van der Waals surface area contributed by atoms with Crippen LogP contribution in [0.4, 0.5) is 11.5 Å². The molecule has 2 heterocycles. The van der Waals surface area contributed by atoms with Gasteiger partial charge in [-0.1, -0.05) is 54.1 Å². The van der Waals surface area contributed by atoms with Crippen LogP contribution in [-0.2, 0) is 0 Å². The summed E-state index contributed by atoms with van der Waals surface area (Å²) in [5, 5.41) is 0. The highest BCUT2D eigenvalue weighted by atomic mass is 16.1. The third kappa shape index (κ3) is 2.52. The summed E-state index contributed by atoms with van der Waals surface area (Å²) in [6.07, 6.45) is 0. The van der Waals surface area contributed by atoms with Crippen molar-refractivity contribution < 1.29 is 0 Å². The first-order valence-corrected chi connectivity index (χ1v) is 8.03. The minimum absolute atomic E-state index is 0.258. The van der Waals surface area contributed by atoms with Crippen molar-refractivity contribution in [2.24, 2.45) is 0 Å². The normalized spacial score (nSPS) is 10.8. The van der Waals surface area contributed by atoms with Crippen LogP contribution in [0.25, 0.3) is 33.1 Å². The average molecular weight is 341 g/mol. The van der Waals surface area contributed by atoms with Gasteiger partial charge in [0.1, 0.15) is 5.82 Å². The van der Waals surface area contributed by atoms with Crippen LogP contribution in [0.2, 0.25) is 0 Å². The molecular formula is C20H15N5O. The van der Waals surface area contributed by atoms with Gasteiger partial charge in [0.25, 0.3) is 5.56 Å². The van der Waals surface area contributed by atoms with Crippen molar-refractivity contribution in [3.63, 3.8) is 0 Å². The van der Waals surface area contributed by atoms with Gasteiger partial charge in [-0.25, -0.2) is 14.2 Å². The van der Waals surface area contributed by atoms with Crippen LogP contribution in [0.5, 0.6) is 0 Å². The molecule has 0 fully saturated rings. The smallest absolute Gasteiger partial charge is 0.261 e. The van der Waals surface area contributed by atoms with Gasteiger partial charge in [0, 0.05) is 11.6 Å². The molecule has 0 aliphatic rings. The Labute approximate surface area is 149 Å². The van der Waals surface area contributed by atoms with Gasteiger partial charge in [0.2, 0.25) is 5.78 Å². The molecule has 126 valence electrons. The Morgan fingerprint density at radius 1 is 1.08 bits per heavy atom. The van der Waals surface area contributed by atoms with E-state index in [9.17, 15) is 4.79 Å². The molecular weight excluding hydrogens is 326 g/mol. The number of aromatic amines is 1. The summed E-state index contributed by atoms with van der Waals surface area (Å²) in [7, 11) is 0. The minimum Gasteiger partial charge on any atom is -0.385 e. The van der Waals surface area contributed by atoms with E-state index in [0.29, 0.717) is 22.9 Å². The van der Waals surface area contributed by atoms with E-state index in [2.05, 4.69) is 14.8 Å². The SMILES string of the molecule is [C-]#[N+]c1ccc(-c2c(-c3ccc(C)cc3)nc3[nH]c(N)cc(=O)n23)cc1. The molecule has 4 rings (SSSR count). The second-order valence-electron chi connectivity index (χ2n) is 6.06. The lowest BCUT2D eigenvalue weighted by Crippen LogP contribution is -2.15. The van der Waals surface area contributed by atoms with E-state index in [1.807, 2.05) is 43.3 Å². The highest BCUT2D eigenvalue weighted by molar-refractivity contribution is 5.82. The second-order valence-corrected chi connectivity index (χ2v) is 6.06. The number of benzene rings is 2. The number of aryl methyl sites for hydroxylation is 1. The van der Waals surface area contributed by atoms with Crippen LogP contribution in [0.1, 0.15) is 5.56 Å². The maximum Gasteiger partial charge on any atom is 0.261 e. The van der Waals surface area contributed by atoms with Crippen molar-refractivity contribution in [2.75, 3.05) is 5.73 Å². The number of nitrogen functional groups attached to an aromatic ring is 1. The van der Waals surface area contributed by atoms with E-state index in [0.717, 1.165) is 16.7 Å². The Bertz CT molecular complexity index is 1210.